The SMILES string of the molecule is Nc1nc2c(-c3ncc4c(N5CCNCC5)nc(OC[C@@]56CCCN5C[C@H](F)C6)nc4c3C(F)F)c(F)cc(F)c2s1. The number of benzene rings is 1. The third-order valence-corrected chi connectivity index (χ3v) is 9.32. The quantitative estimate of drug-likeness (QED) is 0.308. The molecule has 0 bridgehead atoms. The van der Waals surface area contributed by atoms with E-state index in [4.69, 9.17) is 10.5 Å². The number of nitrogen functional groups attached to an aromatic ring is 1. The number of aromatic nitrogens is 4. The predicted molar refractivity (Wildman–Crippen MR) is 149 cm³/mol. The van der Waals surface area contributed by atoms with Gasteiger partial charge in [-0.15, -0.1) is 0 Å². The number of hydrogen-bond acceptors (Lipinski definition) is 10. The fraction of sp³-hybridized carbons (Fsp3) is 0.481. The monoisotopic (exact) mass is 606 g/mol. The molecule has 3 aromatic heterocycles. The van der Waals surface area contributed by atoms with Crippen molar-refractivity contribution in [3.8, 4) is 17.3 Å². The summed E-state index contributed by atoms with van der Waals surface area (Å²) in [4.78, 5) is 21.3. The number of piperazine rings is 1. The molecule has 2 atom stereocenters. The second-order valence-electron chi connectivity index (χ2n) is 11.0. The van der Waals surface area contributed by atoms with Crippen LogP contribution in [0.25, 0.3) is 32.4 Å². The number of nitrogens with two attached hydrogens (primary N) is 1. The first-order chi connectivity index (χ1) is 20.2. The second kappa shape index (κ2) is 10.4. The number of alkyl halides is 3. The van der Waals surface area contributed by atoms with E-state index in [0.29, 0.717) is 51.0 Å². The van der Waals surface area contributed by atoms with Gasteiger partial charge in [0.2, 0.25) is 0 Å². The highest BCUT2D eigenvalue weighted by Gasteiger charge is 2.49. The van der Waals surface area contributed by atoms with Crippen molar-refractivity contribution in [3.63, 3.8) is 0 Å². The lowest BCUT2D eigenvalue weighted by atomic mass is 9.95. The summed E-state index contributed by atoms with van der Waals surface area (Å²) in [6, 6.07) is 0.477. The van der Waals surface area contributed by atoms with E-state index in [9.17, 15) is 17.6 Å². The molecule has 222 valence electrons. The molecule has 3 fully saturated rings. The van der Waals surface area contributed by atoms with Crippen LogP contribution in [0.1, 0.15) is 31.3 Å². The lowest BCUT2D eigenvalue weighted by molar-refractivity contribution is 0.107. The summed E-state index contributed by atoms with van der Waals surface area (Å²) >= 11 is 0.784. The van der Waals surface area contributed by atoms with Crippen LogP contribution in [0.4, 0.5) is 32.9 Å². The van der Waals surface area contributed by atoms with Crippen molar-refractivity contribution in [1.82, 2.24) is 30.2 Å². The number of fused-ring (bicyclic) bond motifs is 3. The van der Waals surface area contributed by atoms with E-state index in [-0.39, 0.29) is 44.4 Å². The molecule has 3 aliphatic heterocycles. The zero-order valence-corrected chi connectivity index (χ0v) is 23.2. The van der Waals surface area contributed by atoms with Crippen LogP contribution in [0, 0.1) is 11.6 Å². The maximum atomic E-state index is 15.3. The highest BCUT2D eigenvalue weighted by molar-refractivity contribution is 7.22. The summed E-state index contributed by atoms with van der Waals surface area (Å²) in [5, 5.41) is 3.44. The van der Waals surface area contributed by atoms with Crippen LogP contribution in [0.5, 0.6) is 6.01 Å². The number of rotatable bonds is 6. The van der Waals surface area contributed by atoms with Crippen molar-refractivity contribution in [1.29, 1.82) is 0 Å². The Kier molecular flexibility index (Phi) is 6.77. The van der Waals surface area contributed by atoms with Crippen LogP contribution in [0.3, 0.4) is 0 Å². The zero-order valence-electron chi connectivity index (χ0n) is 22.3. The summed E-state index contributed by atoms with van der Waals surface area (Å²) in [7, 11) is 0. The van der Waals surface area contributed by atoms with E-state index in [2.05, 4.69) is 30.2 Å². The Bertz CT molecular complexity index is 1680. The number of thiazole rings is 1. The zero-order chi connectivity index (χ0) is 29.2. The molecule has 9 nitrogen and oxygen atoms in total. The number of ether oxygens (including phenoxy) is 1. The molecule has 0 aliphatic carbocycles. The number of halogens is 5. The van der Waals surface area contributed by atoms with Crippen molar-refractivity contribution in [2.45, 2.75) is 37.4 Å². The first-order valence-corrected chi connectivity index (χ1v) is 14.6. The molecule has 3 aliphatic rings. The topological polar surface area (TPSA) is 105 Å². The lowest BCUT2D eigenvalue weighted by Gasteiger charge is -2.32. The number of hydrogen-bond donors (Lipinski definition) is 2. The molecule has 1 aromatic carbocycles. The van der Waals surface area contributed by atoms with E-state index in [1.54, 1.807) is 0 Å². The Labute approximate surface area is 240 Å². The van der Waals surface area contributed by atoms with Crippen molar-refractivity contribution in [2.75, 3.05) is 56.5 Å². The molecule has 7 rings (SSSR count). The van der Waals surface area contributed by atoms with E-state index in [1.807, 2.05) is 4.90 Å². The van der Waals surface area contributed by atoms with Gasteiger partial charge in [0.25, 0.3) is 6.43 Å². The predicted octanol–water partition coefficient (Wildman–Crippen LogP) is 4.46. The summed E-state index contributed by atoms with van der Waals surface area (Å²) < 4.78 is 80.1. The maximum absolute atomic E-state index is 15.3. The molecule has 0 spiro atoms. The van der Waals surface area contributed by atoms with Crippen LogP contribution in [-0.2, 0) is 0 Å². The van der Waals surface area contributed by atoms with Crippen LogP contribution in [-0.4, -0.2) is 82.4 Å². The van der Waals surface area contributed by atoms with E-state index >= 15 is 4.39 Å². The maximum Gasteiger partial charge on any atom is 0.319 e. The minimum Gasteiger partial charge on any atom is -0.461 e. The van der Waals surface area contributed by atoms with Gasteiger partial charge in [0.1, 0.15) is 30.2 Å². The molecule has 3 N–H and O–H groups in total. The standard InChI is InChI=1S/C27H27F5N8OS/c28-13-9-27(2-1-5-40(27)11-13)12-41-26-37-19-14(24(38-26)39-6-3-34-4-7-39)10-35-20(18(19)23(31)32)17-15(29)8-16(30)22-21(17)36-25(33)42-22/h8,10,13,23,34H,1-7,9,11-12H2,(H2,33,36)/t13-,27+/m1/s1. The summed E-state index contributed by atoms with van der Waals surface area (Å²) in [5.41, 5.74) is 3.45. The first-order valence-electron chi connectivity index (χ1n) is 13.7. The Morgan fingerprint density at radius 2 is 1.93 bits per heavy atom. The first kappa shape index (κ1) is 27.4. The highest BCUT2D eigenvalue weighted by atomic mass is 32.1. The molecule has 6 heterocycles. The van der Waals surface area contributed by atoms with Gasteiger partial charge in [0.15, 0.2) is 5.13 Å². The third kappa shape index (κ3) is 4.48. The van der Waals surface area contributed by atoms with Crippen molar-refractivity contribution in [3.05, 3.63) is 29.5 Å². The molecular formula is C27H27F5N8OS. The number of nitrogens with zero attached hydrogens (tertiary/aromatic N) is 6. The van der Waals surface area contributed by atoms with Gasteiger partial charge in [0.05, 0.1) is 43.5 Å². The number of pyridine rings is 1. The molecule has 0 unspecified atom stereocenters. The van der Waals surface area contributed by atoms with E-state index < -0.39 is 41.0 Å². The summed E-state index contributed by atoms with van der Waals surface area (Å²) in [6.45, 7) is 3.58. The van der Waals surface area contributed by atoms with Gasteiger partial charge in [-0.3, -0.25) is 9.88 Å². The summed E-state index contributed by atoms with van der Waals surface area (Å²) in [5.74, 6) is -1.65. The van der Waals surface area contributed by atoms with E-state index in [0.717, 1.165) is 30.7 Å². The molecule has 0 radical (unpaired) electrons. The number of nitrogens with one attached hydrogen (secondary N) is 1. The molecule has 4 aromatic rings. The van der Waals surface area contributed by atoms with Crippen LogP contribution in [0.15, 0.2) is 12.3 Å². The Morgan fingerprint density at radius 3 is 2.71 bits per heavy atom. The molecule has 0 saturated carbocycles. The van der Waals surface area contributed by atoms with Gasteiger partial charge in [-0.05, 0) is 19.4 Å². The smallest absolute Gasteiger partial charge is 0.319 e. The molecular weight excluding hydrogens is 579 g/mol. The Morgan fingerprint density at radius 1 is 1.12 bits per heavy atom. The average molecular weight is 607 g/mol. The van der Waals surface area contributed by atoms with Gasteiger partial charge in [0, 0.05) is 51.4 Å². The molecule has 42 heavy (non-hydrogen) atoms. The van der Waals surface area contributed by atoms with Gasteiger partial charge in [-0.2, -0.15) is 9.97 Å². The highest BCUT2D eigenvalue weighted by Crippen LogP contribution is 2.44. The second-order valence-corrected chi connectivity index (χ2v) is 12.0. The molecule has 0 amide bonds. The summed E-state index contributed by atoms with van der Waals surface area (Å²) in [6.07, 6.45) is -0.814. The van der Waals surface area contributed by atoms with Crippen LogP contribution >= 0.6 is 11.3 Å². The van der Waals surface area contributed by atoms with Crippen molar-refractivity contribution in [2.24, 2.45) is 0 Å². The normalized spacial score (nSPS) is 23.0. The van der Waals surface area contributed by atoms with Crippen LogP contribution in [0.2, 0.25) is 0 Å². The lowest BCUT2D eigenvalue weighted by Crippen LogP contribution is -2.44. The average Bonchev–Trinajstić information content (AvgIpc) is 3.63. The third-order valence-electron chi connectivity index (χ3n) is 8.43. The number of anilines is 2. The molecule has 3 saturated heterocycles. The Balaban J connectivity index is 1.40. The minimum atomic E-state index is -3.14. The van der Waals surface area contributed by atoms with Gasteiger partial charge >= 0.3 is 6.01 Å². The van der Waals surface area contributed by atoms with Gasteiger partial charge in [-0.25, -0.2) is 26.9 Å². The fourth-order valence-corrected chi connectivity index (χ4v) is 7.31. The van der Waals surface area contributed by atoms with Crippen molar-refractivity contribution >= 4 is 43.4 Å². The minimum absolute atomic E-state index is 0.0445. The fourth-order valence-electron chi connectivity index (χ4n) is 6.56. The van der Waals surface area contributed by atoms with Crippen molar-refractivity contribution < 1.29 is 26.7 Å². The molecule has 15 heteroatoms. The van der Waals surface area contributed by atoms with E-state index in [1.165, 1.54) is 6.20 Å². The van der Waals surface area contributed by atoms with Crippen LogP contribution < -0.4 is 20.7 Å². The van der Waals surface area contributed by atoms with Gasteiger partial charge in [-0.1, -0.05) is 11.3 Å². The Hall–Kier alpha value is -3.43. The largest absolute Gasteiger partial charge is 0.461 e. The van der Waals surface area contributed by atoms with Gasteiger partial charge < -0.3 is 20.7 Å².